The van der Waals surface area contributed by atoms with Crippen LogP contribution in [0.3, 0.4) is 0 Å². The maximum absolute atomic E-state index is 12.9. The van der Waals surface area contributed by atoms with Crippen LogP contribution >= 0.6 is 0 Å². The summed E-state index contributed by atoms with van der Waals surface area (Å²) in [5, 5.41) is 2.87. The molecule has 1 atom stereocenters. The maximum Gasteiger partial charge on any atom is 0.317 e. The number of carbonyl (C=O) groups is 1. The topological polar surface area (TPSA) is 78.5 Å². The standard InChI is InChI=1S/C15H22FN3O3S/c1-11(12-3-5-13(16)6-4-12)17-15(20)19-9-7-14(8-10-19)18-23(2,21)22/h3-6,11,14,18H,7-10H2,1-2H3,(H,17,20). The number of nitrogens with one attached hydrogen (secondary N) is 2. The Labute approximate surface area is 136 Å². The van der Waals surface area contributed by atoms with Crippen molar-refractivity contribution in [1.29, 1.82) is 0 Å². The molecule has 0 bridgehead atoms. The summed E-state index contributed by atoms with van der Waals surface area (Å²) in [6.45, 7) is 2.83. The van der Waals surface area contributed by atoms with Crippen LogP contribution in [0.15, 0.2) is 24.3 Å². The third-order valence-corrected chi connectivity index (χ3v) is 4.63. The van der Waals surface area contributed by atoms with Crippen molar-refractivity contribution in [3.05, 3.63) is 35.6 Å². The smallest absolute Gasteiger partial charge is 0.317 e. The van der Waals surface area contributed by atoms with E-state index in [9.17, 15) is 17.6 Å². The second-order valence-electron chi connectivity index (χ2n) is 5.87. The molecule has 23 heavy (non-hydrogen) atoms. The normalized spacial score (nSPS) is 17.8. The Morgan fingerprint density at radius 3 is 2.35 bits per heavy atom. The van der Waals surface area contributed by atoms with Gasteiger partial charge < -0.3 is 10.2 Å². The highest BCUT2D eigenvalue weighted by Crippen LogP contribution is 2.15. The monoisotopic (exact) mass is 343 g/mol. The Bertz CT molecular complexity index is 640. The van der Waals surface area contributed by atoms with Crippen molar-refractivity contribution in [3.63, 3.8) is 0 Å². The van der Waals surface area contributed by atoms with Gasteiger partial charge in [0.1, 0.15) is 5.82 Å². The molecule has 1 aromatic rings. The Kier molecular flexibility index (Phi) is 5.59. The number of rotatable bonds is 4. The summed E-state index contributed by atoms with van der Waals surface area (Å²) in [5.74, 6) is -0.312. The molecule has 0 saturated carbocycles. The molecule has 128 valence electrons. The van der Waals surface area contributed by atoms with E-state index in [1.807, 2.05) is 6.92 Å². The maximum atomic E-state index is 12.9. The molecule has 2 amide bonds. The van der Waals surface area contributed by atoms with Gasteiger partial charge in [-0.2, -0.15) is 0 Å². The first-order valence-corrected chi connectivity index (χ1v) is 9.42. The molecule has 0 aromatic heterocycles. The van der Waals surface area contributed by atoms with Gasteiger partial charge in [0.15, 0.2) is 0 Å². The van der Waals surface area contributed by atoms with Gasteiger partial charge in [-0.3, -0.25) is 0 Å². The van der Waals surface area contributed by atoms with E-state index < -0.39 is 10.0 Å². The molecule has 1 aliphatic rings. The van der Waals surface area contributed by atoms with Gasteiger partial charge in [-0.1, -0.05) is 12.1 Å². The fourth-order valence-electron chi connectivity index (χ4n) is 2.61. The van der Waals surface area contributed by atoms with Crippen molar-refractivity contribution in [2.75, 3.05) is 19.3 Å². The molecular weight excluding hydrogens is 321 g/mol. The minimum Gasteiger partial charge on any atom is -0.331 e. The number of amides is 2. The van der Waals surface area contributed by atoms with Gasteiger partial charge in [0.2, 0.25) is 10.0 Å². The molecule has 0 radical (unpaired) electrons. The summed E-state index contributed by atoms with van der Waals surface area (Å²) in [6.07, 6.45) is 2.31. The molecule has 1 heterocycles. The number of halogens is 1. The van der Waals surface area contributed by atoms with E-state index in [2.05, 4.69) is 10.0 Å². The van der Waals surface area contributed by atoms with Crippen LogP contribution in [0.25, 0.3) is 0 Å². The highest BCUT2D eigenvalue weighted by atomic mass is 32.2. The molecule has 2 N–H and O–H groups in total. The third-order valence-electron chi connectivity index (χ3n) is 3.87. The average molecular weight is 343 g/mol. The van der Waals surface area contributed by atoms with Gasteiger partial charge >= 0.3 is 6.03 Å². The summed E-state index contributed by atoms with van der Waals surface area (Å²) in [6, 6.07) is 5.46. The van der Waals surface area contributed by atoms with Crippen molar-refractivity contribution in [2.45, 2.75) is 31.8 Å². The Morgan fingerprint density at radius 1 is 1.26 bits per heavy atom. The highest BCUT2D eigenvalue weighted by molar-refractivity contribution is 7.88. The second-order valence-corrected chi connectivity index (χ2v) is 7.65. The number of hydrogen-bond donors (Lipinski definition) is 2. The number of sulfonamides is 1. The summed E-state index contributed by atoms with van der Waals surface area (Å²) in [5.41, 5.74) is 0.827. The SMILES string of the molecule is CC(NC(=O)N1CCC(NS(C)(=O)=O)CC1)c1ccc(F)cc1. The lowest BCUT2D eigenvalue weighted by molar-refractivity contribution is 0.177. The third kappa shape index (κ3) is 5.47. The Morgan fingerprint density at radius 2 is 1.83 bits per heavy atom. The summed E-state index contributed by atoms with van der Waals surface area (Å²) < 4.78 is 37.9. The molecule has 2 rings (SSSR count). The van der Waals surface area contributed by atoms with E-state index in [1.54, 1.807) is 17.0 Å². The van der Waals surface area contributed by atoms with E-state index in [1.165, 1.54) is 12.1 Å². The predicted octanol–water partition coefficient (Wildman–Crippen LogP) is 1.61. The van der Waals surface area contributed by atoms with Crippen LogP contribution in [-0.4, -0.2) is 44.7 Å². The van der Waals surface area contributed by atoms with E-state index >= 15 is 0 Å². The number of benzene rings is 1. The Hall–Kier alpha value is -1.67. The molecule has 0 aliphatic carbocycles. The average Bonchev–Trinajstić information content (AvgIpc) is 2.46. The van der Waals surface area contributed by atoms with Crippen LogP contribution in [0.4, 0.5) is 9.18 Å². The summed E-state index contributed by atoms with van der Waals surface area (Å²) in [4.78, 5) is 13.9. The molecule has 1 aliphatic heterocycles. The molecule has 1 fully saturated rings. The minimum atomic E-state index is -3.22. The molecule has 1 aromatic carbocycles. The van der Waals surface area contributed by atoms with E-state index in [4.69, 9.17) is 0 Å². The highest BCUT2D eigenvalue weighted by Gasteiger charge is 2.25. The lowest BCUT2D eigenvalue weighted by Crippen LogP contribution is -2.49. The number of piperidine rings is 1. The van der Waals surface area contributed by atoms with E-state index in [0.717, 1.165) is 11.8 Å². The van der Waals surface area contributed by atoms with Gasteiger partial charge in [0.25, 0.3) is 0 Å². The van der Waals surface area contributed by atoms with Crippen molar-refractivity contribution in [3.8, 4) is 0 Å². The van der Waals surface area contributed by atoms with Crippen molar-refractivity contribution >= 4 is 16.1 Å². The fraction of sp³-hybridized carbons (Fsp3) is 0.533. The van der Waals surface area contributed by atoms with Crippen LogP contribution in [-0.2, 0) is 10.0 Å². The first-order chi connectivity index (χ1) is 10.7. The van der Waals surface area contributed by atoms with Crippen molar-refractivity contribution < 1.29 is 17.6 Å². The molecule has 1 saturated heterocycles. The van der Waals surface area contributed by atoms with E-state index in [0.29, 0.717) is 25.9 Å². The van der Waals surface area contributed by atoms with Gasteiger partial charge in [-0.05, 0) is 37.5 Å². The molecule has 0 spiro atoms. The zero-order valence-electron chi connectivity index (χ0n) is 13.3. The minimum absolute atomic E-state index is 0.122. The van der Waals surface area contributed by atoms with Gasteiger partial charge in [-0.25, -0.2) is 22.3 Å². The molecular formula is C15H22FN3O3S. The van der Waals surface area contributed by atoms with Crippen molar-refractivity contribution in [1.82, 2.24) is 14.9 Å². The zero-order chi connectivity index (χ0) is 17.0. The second kappa shape index (κ2) is 7.27. The first kappa shape index (κ1) is 17.7. The number of likely N-dealkylation sites (tertiary alicyclic amines) is 1. The Balaban J connectivity index is 1.84. The largest absolute Gasteiger partial charge is 0.331 e. The van der Waals surface area contributed by atoms with Crippen LogP contribution in [0, 0.1) is 5.82 Å². The number of nitrogens with zero attached hydrogens (tertiary/aromatic N) is 1. The first-order valence-electron chi connectivity index (χ1n) is 7.53. The van der Waals surface area contributed by atoms with Crippen LogP contribution in [0.5, 0.6) is 0 Å². The van der Waals surface area contributed by atoms with Crippen molar-refractivity contribution in [2.24, 2.45) is 0 Å². The summed E-state index contributed by atoms with van der Waals surface area (Å²) in [7, 11) is -3.22. The molecule has 6 nitrogen and oxygen atoms in total. The zero-order valence-corrected chi connectivity index (χ0v) is 14.1. The van der Waals surface area contributed by atoms with Gasteiger partial charge in [0.05, 0.1) is 12.3 Å². The summed E-state index contributed by atoms with van der Waals surface area (Å²) >= 11 is 0. The number of carbonyl (C=O) groups excluding carboxylic acids is 1. The fourth-order valence-corrected chi connectivity index (χ4v) is 3.46. The predicted molar refractivity (Wildman–Crippen MR) is 85.9 cm³/mol. The van der Waals surface area contributed by atoms with Gasteiger partial charge in [0, 0.05) is 19.1 Å². The van der Waals surface area contributed by atoms with Gasteiger partial charge in [-0.15, -0.1) is 0 Å². The number of hydrogen-bond acceptors (Lipinski definition) is 3. The van der Waals surface area contributed by atoms with Crippen LogP contribution < -0.4 is 10.0 Å². The van der Waals surface area contributed by atoms with E-state index in [-0.39, 0.29) is 23.9 Å². The van der Waals surface area contributed by atoms with Crippen LogP contribution in [0.2, 0.25) is 0 Å². The lowest BCUT2D eigenvalue weighted by Gasteiger charge is -2.32. The molecule has 1 unspecified atom stereocenters. The lowest BCUT2D eigenvalue weighted by atomic mass is 10.1. The molecule has 8 heteroatoms. The van der Waals surface area contributed by atoms with Crippen LogP contribution in [0.1, 0.15) is 31.4 Å². The quantitative estimate of drug-likeness (QED) is 0.872. The number of urea groups is 1.